The predicted octanol–water partition coefficient (Wildman–Crippen LogP) is 1.55. The molecule has 60 valence electrons. The highest BCUT2D eigenvalue weighted by atomic mass is 32.1. The summed E-state index contributed by atoms with van der Waals surface area (Å²) in [5.41, 5.74) is 0.503. The second-order valence-corrected chi connectivity index (χ2v) is 3.64. The van der Waals surface area contributed by atoms with Gasteiger partial charge in [-0.1, -0.05) is 18.3 Å². The van der Waals surface area contributed by atoms with Crippen LogP contribution in [0.3, 0.4) is 0 Å². The quantitative estimate of drug-likeness (QED) is 0.646. The molecule has 4 heteroatoms. The van der Waals surface area contributed by atoms with Crippen molar-refractivity contribution in [2.75, 3.05) is 0 Å². The fourth-order valence-electron chi connectivity index (χ4n) is 0.818. The summed E-state index contributed by atoms with van der Waals surface area (Å²) in [6.07, 6.45) is 1.66. The van der Waals surface area contributed by atoms with Crippen LogP contribution in [-0.4, -0.2) is 15.9 Å². The first-order valence-electron chi connectivity index (χ1n) is 3.50. The molecule has 0 saturated heterocycles. The van der Waals surface area contributed by atoms with Gasteiger partial charge in [0.25, 0.3) is 0 Å². The van der Waals surface area contributed by atoms with Gasteiger partial charge in [-0.05, 0) is 23.9 Å². The Hall–Kier alpha value is -0.770. The average Bonchev–Trinajstić information content (AvgIpc) is 2.34. The van der Waals surface area contributed by atoms with Gasteiger partial charge >= 0.3 is 0 Å². The molecular formula is C7H10N2OS. The Bertz CT molecular complexity index is 244. The van der Waals surface area contributed by atoms with Gasteiger partial charge in [0.15, 0.2) is 6.29 Å². The van der Waals surface area contributed by atoms with Gasteiger partial charge in [-0.15, -0.1) is 5.10 Å². The van der Waals surface area contributed by atoms with Crippen LogP contribution < -0.4 is 0 Å². The van der Waals surface area contributed by atoms with Gasteiger partial charge in [0, 0.05) is 0 Å². The standard InChI is InChI=1S/C7H10N2OS/c1-5(2)3-7-6(4-10)8-9-11-7/h4-5H,3H2,1-2H3. The van der Waals surface area contributed by atoms with Crippen LogP contribution in [0.5, 0.6) is 0 Å². The molecule has 1 rings (SSSR count). The zero-order valence-electron chi connectivity index (χ0n) is 6.57. The average molecular weight is 170 g/mol. The summed E-state index contributed by atoms with van der Waals surface area (Å²) in [7, 11) is 0. The molecule has 0 fully saturated rings. The summed E-state index contributed by atoms with van der Waals surface area (Å²) < 4.78 is 3.71. The van der Waals surface area contributed by atoms with Crippen molar-refractivity contribution in [2.24, 2.45) is 5.92 Å². The van der Waals surface area contributed by atoms with Crippen LogP contribution in [0.2, 0.25) is 0 Å². The van der Waals surface area contributed by atoms with Crippen LogP contribution in [0.1, 0.15) is 29.2 Å². The third kappa shape index (κ3) is 2.08. The second kappa shape index (κ2) is 3.57. The van der Waals surface area contributed by atoms with Crippen molar-refractivity contribution in [3.05, 3.63) is 10.6 Å². The third-order valence-electron chi connectivity index (χ3n) is 1.29. The Morgan fingerprint density at radius 3 is 2.91 bits per heavy atom. The lowest BCUT2D eigenvalue weighted by Gasteiger charge is -1.98. The van der Waals surface area contributed by atoms with Crippen molar-refractivity contribution in [3.63, 3.8) is 0 Å². The van der Waals surface area contributed by atoms with E-state index in [-0.39, 0.29) is 0 Å². The molecule has 0 aliphatic heterocycles. The van der Waals surface area contributed by atoms with E-state index in [1.54, 1.807) is 0 Å². The summed E-state index contributed by atoms with van der Waals surface area (Å²) in [4.78, 5) is 11.4. The number of rotatable bonds is 3. The molecule has 0 atom stereocenters. The van der Waals surface area contributed by atoms with Gasteiger partial charge in [-0.2, -0.15) is 0 Å². The van der Waals surface area contributed by atoms with Crippen molar-refractivity contribution in [1.82, 2.24) is 9.59 Å². The molecule has 0 aliphatic carbocycles. The van der Waals surface area contributed by atoms with Gasteiger partial charge in [0.05, 0.1) is 4.88 Å². The van der Waals surface area contributed by atoms with E-state index in [4.69, 9.17) is 0 Å². The fraction of sp³-hybridized carbons (Fsp3) is 0.571. The number of carbonyl (C=O) groups excluding carboxylic acids is 1. The van der Waals surface area contributed by atoms with Crippen molar-refractivity contribution < 1.29 is 4.79 Å². The number of aromatic nitrogens is 2. The number of hydrogen-bond donors (Lipinski definition) is 0. The van der Waals surface area contributed by atoms with Crippen LogP contribution in [-0.2, 0) is 6.42 Å². The molecular weight excluding hydrogens is 160 g/mol. The SMILES string of the molecule is CC(C)Cc1snnc1C=O. The Morgan fingerprint density at radius 1 is 1.64 bits per heavy atom. The van der Waals surface area contributed by atoms with Crippen LogP contribution in [0.25, 0.3) is 0 Å². The Morgan fingerprint density at radius 2 is 2.36 bits per heavy atom. The molecule has 11 heavy (non-hydrogen) atoms. The van der Waals surface area contributed by atoms with Crippen molar-refractivity contribution in [1.29, 1.82) is 0 Å². The second-order valence-electron chi connectivity index (χ2n) is 2.80. The van der Waals surface area contributed by atoms with Crippen LogP contribution >= 0.6 is 11.5 Å². The van der Waals surface area contributed by atoms with E-state index in [1.165, 1.54) is 11.5 Å². The highest BCUT2D eigenvalue weighted by Gasteiger charge is 2.07. The number of carbonyl (C=O) groups is 1. The molecule has 0 saturated carbocycles. The zero-order chi connectivity index (χ0) is 8.27. The van der Waals surface area contributed by atoms with Gasteiger partial charge in [-0.3, -0.25) is 4.79 Å². The number of nitrogens with zero attached hydrogens (tertiary/aromatic N) is 2. The molecule has 1 aromatic rings. The topological polar surface area (TPSA) is 42.9 Å². The first-order valence-corrected chi connectivity index (χ1v) is 4.27. The van der Waals surface area contributed by atoms with Gasteiger partial charge in [-0.25, -0.2) is 0 Å². The molecule has 3 nitrogen and oxygen atoms in total. The van der Waals surface area contributed by atoms with Gasteiger partial charge in [0.1, 0.15) is 5.69 Å². The largest absolute Gasteiger partial charge is 0.296 e. The summed E-state index contributed by atoms with van der Waals surface area (Å²) in [5, 5.41) is 3.69. The van der Waals surface area contributed by atoms with Crippen molar-refractivity contribution >= 4 is 17.8 Å². The minimum atomic E-state index is 0.503. The summed E-state index contributed by atoms with van der Waals surface area (Å²) in [6, 6.07) is 0. The molecule has 0 spiro atoms. The van der Waals surface area contributed by atoms with Crippen LogP contribution in [0.4, 0.5) is 0 Å². The fourth-order valence-corrected chi connectivity index (χ4v) is 1.64. The zero-order valence-corrected chi connectivity index (χ0v) is 7.39. The van der Waals surface area contributed by atoms with E-state index in [2.05, 4.69) is 23.4 Å². The molecule has 0 N–H and O–H groups in total. The van der Waals surface area contributed by atoms with Crippen LogP contribution in [0.15, 0.2) is 0 Å². The van der Waals surface area contributed by atoms with E-state index >= 15 is 0 Å². The maximum absolute atomic E-state index is 10.4. The lowest BCUT2D eigenvalue weighted by molar-refractivity contribution is 0.111. The Balaban J connectivity index is 2.76. The summed E-state index contributed by atoms with van der Waals surface area (Å²) in [6.45, 7) is 4.21. The van der Waals surface area contributed by atoms with Crippen molar-refractivity contribution in [3.8, 4) is 0 Å². The molecule has 1 heterocycles. The smallest absolute Gasteiger partial charge is 0.171 e. The van der Waals surface area contributed by atoms with E-state index in [0.717, 1.165) is 17.6 Å². The third-order valence-corrected chi connectivity index (χ3v) is 2.05. The lowest BCUT2D eigenvalue weighted by atomic mass is 10.1. The van der Waals surface area contributed by atoms with E-state index < -0.39 is 0 Å². The Kier molecular flexibility index (Phi) is 2.70. The molecule has 0 unspecified atom stereocenters. The minimum Gasteiger partial charge on any atom is -0.296 e. The monoisotopic (exact) mass is 170 g/mol. The summed E-state index contributed by atoms with van der Waals surface area (Å²) in [5.74, 6) is 0.552. The van der Waals surface area contributed by atoms with Crippen LogP contribution in [0, 0.1) is 5.92 Å². The maximum Gasteiger partial charge on any atom is 0.171 e. The molecule has 0 amide bonds. The molecule has 1 aromatic heterocycles. The van der Waals surface area contributed by atoms with E-state index in [9.17, 15) is 4.79 Å². The molecule has 0 aromatic carbocycles. The van der Waals surface area contributed by atoms with E-state index in [0.29, 0.717) is 11.6 Å². The molecule has 0 radical (unpaired) electrons. The molecule has 0 aliphatic rings. The number of hydrogen-bond acceptors (Lipinski definition) is 4. The maximum atomic E-state index is 10.4. The number of aldehydes is 1. The van der Waals surface area contributed by atoms with E-state index in [1.807, 2.05) is 0 Å². The van der Waals surface area contributed by atoms with Gasteiger partial charge < -0.3 is 0 Å². The highest BCUT2D eigenvalue weighted by Crippen LogP contribution is 2.13. The highest BCUT2D eigenvalue weighted by molar-refractivity contribution is 7.05. The normalized spacial score (nSPS) is 10.5. The first kappa shape index (κ1) is 8.33. The first-order chi connectivity index (χ1) is 5.24. The minimum absolute atomic E-state index is 0.503. The predicted molar refractivity (Wildman–Crippen MR) is 43.8 cm³/mol. The lowest BCUT2D eigenvalue weighted by Crippen LogP contribution is -1.95. The molecule has 0 bridgehead atoms. The van der Waals surface area contributed by atoms with Crippen molar-refractivity contribution in [2.45, 2.75) is 20.3 Å². The van der Waals surface area contributed by atoms with Gasteiger partial charge in [0.2, 0.25) is 0 Å². The summed E-state index contributed by atoms with van der Waals surface area (Å²) >= 11 is 1.31. The Labute approximate surface area is 69.6 Å².